The average molecular weight is 303 g/mol. The summed E-state index contributed by atoms with van der Waals surface area (Å²) in [5, 5.41) is 53.5. The van der Waals surface area contributed by atoms with Crippen LogP contribution in [0, 0.1) is 50.6 Å². The van der Waals surface area contributed by atoms with E-state index in [0.717, 1.165) is 0 Å². The molecule has 15 nitrogen and oxygen atoms in total. The molecule has 1 aromatic rings. The van der Waals surface area contributed by atoms with Crippen molar-refractivity contribution in [2.75, 3.05) is 0 Å². The van der Waals surface area contributed by atoms with Gasteiger partial charge in [-0.1, -0.05) is 0 Å². The van der Waals surface area contributed by atoms with E-state index < -0.39 is 53.1 Å². The van der Waals surface area contributed by atoms with Crippen molar-refractivity contribution in [1.82, 2.24) is 0 Å². The number of nitro benzene ring substituents is 5. The zero-order valence-corrected chi connectivity index (χ0v) is 9.40. The molecule has 0 unspecified atom stereocenters. The maximum atomic E-state index is 10.8. The summed E-state index contributed by atoms with van der Waals surface area (Å²) in [6.07, 6.45) is 0. The fourth-order valence-corrected chi connectivity index (χ4v) is 1.43. The van der Waals surface area contributed by atoms with Crippen LogP contribution in [0.2, 0.25) is 0 Å². The Morgan fingerprint density at radius 3 is 1.00 bits per heavy atom. The van der Waals surface area contributed by atoms with Gasteiger partial charge in [0.25, 0.3) is 0 Å². The lowest BCUT2D eigenvalue weighted by Gasteiger charge is -1.99. The molecule has 0 aliphatic carbocycles. The summed E-state index contributed by atoms with van der Waals surface area (Å²) in [5.74, 6) is 0. The van der Waals surface area contributed by atoms with Crippen molar-refractivity contribution in [3.63, 3.8) is 0 Å². The van der Waals surface area contributed by atoms with Crippen LogP contribution < -0.4 is 0 Å². The Morgan fingerprint density at radius 1 is 0.524 bits per heavy atom. The first-order valence-electron chi connectivity index (χ1n) is 4.52. The van der Waals surface area contributed by atoms with Crippen molar-refractivity contribution in [2.45, 2.75) is 0 Å². The second kappa shape index (κ2) is 5.07. The average Bonchev–Trinajstić information content (AvgIpc) is 2.34. The van der Waals surface area contributed by atoms with Gasteiger partial charge in [-0.3, -0.25) is 50.6 Å². The molecule has 1 rings (SSSR count). The highest BCUT2D eigenvalue weighted by Gasteiger charge is 2.50. The lowest BCUT2D eigenvalue weighted by atomic mass is 10.1. The molecule has 0 atom stereocenters. The molecule has 15 heteroatoms. The lowest BCUT2D eigenvalue weighted by Crippen LogP contribution is -2.07. The highest BCUT2D eigenvalue weighted by atomic mass is 16.7. The normalized spacial score (nSPS) is 9.90. The Bertz CT molecular complexity index is 660. The SMILES string of the molecule is O=[N+]([O-])c1cc([N+](=O)[O-])c([N+](=O)[O-])c([N+](=O)[O-])c1[N+](=O)[O-]. The van der Waals surface area contributed by atoms with Gasteiger partial charge in [-0.25, -0.2) is 0 Å². The van der Waals surface area contributed by atoms with Crippen molar-refractivity contribution in [3.05, 3.63) is 56.6 Å². The first-order chi connectivity index (χ1) is 9.59. The third-order valence-electron chi connectivity index (χ3n) is 2.15. The highest BCUT2D eigenvalue weighted by molar-refractivity contribution is 5.81. The molecule has 0 aliphatic rings. The van der Waals surface area contributed by atoms with E-state index in [2.05, 4.69) is 0 Å². The van der Waals surface area contributed by atoms with E-state index >= 15 is 0 Å². The van der Waals surface area contributed by atoms with Gasteiger partial charge in [-0.15, -0.1) is 0 Å². The number of nitro groups is 5. The van der Waals surface area contributed by atoms with E-state index in [1.54, 1.807) is 0 Å². The van der Waals surface area contributed by atoms with E-state index in [0.29, 0.717) is 0 Å². The predicted molar refractivity (Wildman–Crippen MR) is 59.7 cm³/mol. The molecule has 0 amide bonds. The number of benzene rings is 1. The predicted octanol–water partition coefficient (Wildman–Crippen LogP) is 1.23. The topological polar surface area (TPSA) is 216 Å². The van der Waals surface area contributed by atoms with Crippen LogP contribution in [0.25, 0.3) is 0 Å². The van der Waals surface area contributed by atoms with Gasteiger partial charge in [0.15, 0.2) is 0 Å². The van der Waals surface area contributed by atoms with Crippen molar-refractivity contribution in [3.8, 4) is 0 Å². The summed E-state index contributed by atoms with van der Waals surface area (Å²) >= 11 is 0. The summed E-state index contributed by atoms with van der Waals surface area (Å²) in [6, 6.07) is -0.0662. The monoisotopic (exact) mass is 303 g/mol. The molecule has 0 heterocycles. The van der Waals surface area contributed by atoms with Gasteiger partial charge in [-0.2, -0.15) is 0 Å². The zero-order chi connectivity index (χ0) is 16.5. The fourth-order valence-electron chi connectivity index (χ4n) is 1.43. The summed E-state index contributed by atoms with van der Waals surface area (Å²) < 4.78 is 0. The smallest absolute Gasteiger partial charge is 0.258 e. The minimum absolute atomic E-state index is 0.0662. The summed E-state index contributed by atoms with van der Waals surface area (Å²) in [5.41, 5.74) is -8.72. The quantitative estimate of drug-likeness (QED) is 0.559. The van der Waals surface area contributed by atoms with Crippen LogP contribution in [0.15, 0.2) is 6.07 Å². The maximum Gasteiger partial charge on any atom is 0.437 e. The van der Waals surface area contributed by atoms with Crippen LogP contribution in [0.1, 0.15) is 0 Å². The van der Waals surface area contributed by atoms with Gasteiger partial charge in [0.1, 0.15) is 6.07 Å². The second-order valence-electron chi connectivity index (χ2n) is 3.25. The number of rotatable bonds is 5. The third-order valence-corrected chi connectivity index (χ3v) is 2.15. The van der Waals surface area contributed by atoms with Gasteiger partial charge in [0.05, 0.1) is 24.6 Å². The van der Waals surface area contributed by atoms with Gasteiger partial charge < -0.3 is 0 Å². The molecule has 0 spiro atoms. The molecular formula is C6HN5O10. The first-order valence-corrected chi connectivity index (χ1v) is 4.52. The van der Waals surface area contributed by atoms with Crippen LogP contribution in [-0.2, 0) is 0 Å². The molecule has 21 heavy (non-hydrogen) atoms. The van der Waals surface area contributed by atoms with Gasteiger partial charge in [-0.05, 0) is 0 Å². The largest absolute Gasteiger partial charge is 0.437 e. The molecule has 0 saturated heterocycles. The van der Waals surface area contributed by atoms with Crippen LogP contribution in [-0.4, -0.2) is 24.6 Å². The zero-order valence-electron chi connectivity index (χ0n) is 9.40. The molecule has 1 aromatic carbocycles. The maximum absolute atomic E-state index is 10.8. The Labute approximate surface area is 111 Å². The molecule has 0 fully saturated rings. The first kappa shape index (κ1) is 15.3. The van der Waals surface area contributed by atoms with Crippen molar-refractivity contribution < 1.29 is 24.6 Å². The van der Waals surface area contributed by atoms with Gasteiger partial charge in [0, 0.05) is 0 Å². The molecule has 0 N–H and O–H groups in total. The molecular weight excluding hydrogens is 302 g/mol. The van der Waals surface area contributed by atoms with Crippen molar-refractivity contribution >= 4 is 28.4 Å². The van der Waals surface area contributed by atoms with E-state index in [-0.39, 0.29) is 6.07 Å². The third kappa shape index (κ3) is 2.50. The minimum atomic E-state index is -1.93. The van der Waals surface area contributed by atoms with Crippen LogP contribution >= 0.6 is 0 Å². The minimum Gasteiger partial charge on any atom is -0.258 e. The van der Waals surface area contributed by atoms with Crippen LogP contribution in [0.3, 0.4) is 0 Å². The van der Waals surface area contributed by atoms with E-state index in [9.17, 15) is 50.6 Å². The van der Waals surface area contributed by atoms with Crippen LogP contribution in [0.5, 0.6) is 0 Å². The number of hydrogen-bond acceptors (Lipinski definition) is 10. The Balaban J connectivity index is 4.13. The standard InChI is InChI=1S/C6HN5O10/c12-7(13)2-1-3(8(14)15)5(10(18)19)6(11(20)21)4(2)9(16)17/h1H. The van der Waals surface area contributed by atoms with E-state index in [1.165, 1.54) is 0 Å². The molecule has 0 aromatic heterocycles. The Kier molecular flexibility index (Phi) is 3.69. The van der Waals surface area contributed by atoms with Crippen molar-refractivity contribution in [1.29, 1.82) is 0 Å². The lowest BCUT2D eigenvalue weighted by molar-refractivity contribution is -0.460. The number of nitrogens with zero attached hydrogens (tertiary/aromatic N) is 5. The molecule has 0 radical (unpaired) electrons. The van der Waals surface area contributed by atoms with Crippen molar-refractivity contribution in [2.24, 2.45) is 0 Å². The van der Waals surface area contributed by atoms with Gasteiger partial charge in [0.2, 0.25) is 0 Å². The summed E-state index contributed by atoms with van der Waals surface area (Å²) in [4.78, 5) is 45.7. The summed E-state index contributed by atoms with van der Waals surface area (Å²) in [7, 11) is 0. The molecule has 0 bridgehead atoms. The van der Waals surface area contributed by atoms with Crippen LogP contribution in [0.4, 0.5) is 28.4 Å². The molecule has 0 saturated carbocycles. The van der Waals surface area contributed by atoms with E-state index in [4.69, 9.17) is 0 Å². The molecule has 0 aliphatic heterocycles. The number of hydrogen-bond donors (Lipinski definition) is 0. The highest BCUT2D eigenvalue weighted by Crippen LogP contribution is 2.48. The molecule has 110 valence electrons. The summed E-state index contributed by atoms with van der Waals surface area (Å²) in [6.45, 7) is 0. The Morgan fingerprint density at radius 2 is 0.810 bits per heavy atom. The van der Waals surface area contributed by atoms with E-state index in [1.807, 2.05) is 0 Å². The second-order valence-corrected chi connectivity index (χ2v) is 3.25. The fraction of sp³-hybridized carbons (Fsp3) is 0. The Hall–Kier alpha value is -3.78. The van der Waals surface area contributed by atoms with Gasteiger partial charge >= 0.3 is 28.4 Å².